The Morgan fingerprint density at radius 2 is 1.38 bits per heavy atom. The molecule has 94 valence electrons. The molecule has 2 rings (SSSR count). The van der Waals surface area contributed by atoms with Crippen molar-refractivity contribution in [3.8, 4) is 0 Å². The van der Waals surface area contributed by atoms with Crippen LogP contribution in [-0.2, 0) is 0 Å². The minimum Gasteiger partial charge on any atom is -0.248 e. The molecule has 1 aliphatic carbocycles. The van der Waals surface area contributed by atoms with Crippen molar-refractivity contribution in [3.05, 3.63) is 0 Å². The van der Waals surface area contributed by atoms with Gasteiger partial charge in [0, 0.05) is 36.0 Å². The number of halogens is 1. The average Bonchev–Trinajstić information content (AvgIpc) is 2.30. The summed E-state index contributed by atoms with van der Waals surface area (Å²) in [5.74, 6) is 3.14. The molecule has 1 heterocycles. The first kappa shape index (κ1) is 13.1. The largest absolute Gasteiger partial charge is 0.248 e. The van der Waals surface area contributed by atoms with Gasteiger partial charge in [0.25, 0.3) is 0 Å². The van der Waals surface area contributed by atoms with Crippen molar-refractivity contribution in [2.75, 3.05) is 13.1 Å². The number of rotatable bonds is 3. The minimum atomic E-state index is 1.01. The van der Waals surface area contributed by atoms with Crippen LogP contribution in [0.15, 0.2) is 0 Å². The van der Waals surface area contributed by atoms with Gasteiger partial charge in [-0.2, -0.15) is 0 Å². The summed E-state index contributed by atoms with van der Waals surface area (Å²) < 4.78 is 2.45. The van der Waals surface area contributed by atoms with Gasteiger partial charge in [-0.25, -0.2) is 3.11 Å². The topological polar surface area (TPSA) is 3.24 Å². The summed E-state index contributed by atoms with van der Waals surface area (Å²) in [4.78, 5) is 0. The van der Waals surface area contributed by atoms with Gasteiger partial charge < -0.3 is 0 Å². The van der Waals surface area contributed by atoms with Crippen molar-refractivity contribution in [1.29, 1.82) is 0 Å². The van der Waals surface area contributed by atoms with Crippen LogP contribution in [-0.4, -0.2) is 16.2 Å². The molecule has 1 saturated carbocycles. The molecule has 16 heavy (non-hydrogen) atoms. The smallest absolute Gasteiger partial charge is 0.0201 e. The Hall–Kier alpha value is 0.690. The molecule has 0 spiro atoms. The summed E-state index contributed by atoms with van der Waals surface area (Å²) >= 11 is 2.47. The molecule has 1 saturated heterocycles. The number of hydrogen-bond acceptors (Lipinski definition) is 1. The highest BCUT2D eigenvalue weighted by molar-refractivity contribution is 14.1. The predicted molar refractivity (Wildman–Crippen MR) is 78.7 cm³/mol. The molecule has 0 amide bonds. The van der Waals surface area contributed by atoms with E-state index in [1.807, 2.05) is 0 Å². The van der Waals surface area contributed by atoms with Crippen LogP contribution < -0.4 is 0 Å². The first-order valence-electron chi connectivity index (χ1n) is 7.14. The molecule has 2 heteroatoms. The fourth-order valence-electron chi connectivity index (χ4n) is 3.28. The fourth-order valence-corrected chi connectivity index (χ4v) is 3.84. The van der Waals surface area contributed by atoms with Crippen molar-refractivity contribution < 1.29 is 0 Å². The summed E-state index contributed by atoms with van der Waals surface area (Å²) in [6, 6.07) is 0. The highest BCUT2D eigenvalue weighted by Gasteiger charge is 2.21. The molecule has 0 atom stereocenters. The van der Waals surface area contributed by atoms with E-state index < -0.39 is 0 Å². The molecule has 1 aliphatic heterocycles. The van der Waals surface area contributed by atoms with Crippen LogP contribution >= 0.6 is 22.9 Å². The Balaban J connectivity index is 1.60. The van der Waals surface area contributed by atoms with Gasteiger partial charge in [0.1, 0.15) is 0 Å². The molecule has 0 bridgehead atoms. The summed E-state index contributed by atoms with van der Waals surface area (Å²) in [7, 11) is 0. The third-order valence-electron chi connectivity index (χ3n) is 4.68. The second-order valence-corrected chi connectivity index (χ2v) is 7.42. The van der Waals surface area contributed by atoms with E-state index in [9.17, 15) is 0 Å². The van der Waals surface area contributed by atoms with Crippen LogP contribution in [0.3, 0.4) is 0 Å². The molecule has 0 unspecified atom stereocenters. The second-order valence-electron chi connectivity index (χ2n) is 6.06. The highest BCUT2D eigenvalue weighted by atomic mass is 127. The van der Waals surface area contributed by atoms with Crippen molar-refractivity contribution >= 4 is 22.9 Å². The molecule has 2 aliphatic rings. The van der Waals surface area contributed by atoms with Gasteiger partial charge in [0.05, 0.1) is 0 Å². The molecule has 0 N–H and O–H groups in total. The highest BCUT2D eigenvalue weighted by Crippen LogP contribution is 2.33. The second kappa shape index (κ2) is 6.58. The van der Waals surface area contributed by atoms with Gasteiger partial charge in [-0.3, -0.25) is 0 Å². The van der Waals surface area contributed by atoms with Gasteiger partial charge in [-0.1, -0.05) is 45.4 Å². The Kier molecular flexibility index (Phi) is 5.40. The summed E-state index contributed by atoms with van der Waals surface area (Å²) in [5.41, 5.74) is 0. The fraction of sp³-hybridized carbons (Fsp3) is 1.00. The van der Waals surface area contributed by atoms with E-state index in [4.69, 9.17) is 0 Å². The molecule has 2 fully saturated rings. The van der Waals surface area contributed by atoms with E-state index in [0.29, 0.717) is 0 Å². The summed E-state index contributed by atoms with van der Waals surface area (Å²) in [5, 5.41) is 0. The van der Waals surface area contributed by atoms with Crippen molar-refractivity contribution in [1.82, 2.24) is 3.11 Å². The van der Waals surface area contributed by atoms with E-state index in [-0.39, 0.29) is 0 Å². The van der Waals surface area contributed by atoms with E-state index in [2.05, 4.69) is 32.9 Å². The minimum absolute atomic E-state index is 1.01. The zero-order chi connectivity index (χ0) is 11.4. The zero-order valence-electron chi connectivity index (χ0n) is 10.6. The lowest BCUT2D eigenvalue weighted by atomic mass is 9.79. The quantitative estimate of drug-likeness (QED) is 0.536. The van der Waals surface area contributed by atoms with Gasteiger partial charge in [0.15, 0.2) is 0 Å². The maximum Gasteiger partial charge on any atom is 0.0201 e. The lowest BCUT2D eigenvalue weighted by Gasteiger charge is -2.30. The van der Waals surface area contributed by atoms with E-state index in [1.54, 1.807) is 0 Å². The Bertz CT molecular complexity index is 169. The zero-order valence-corrected chi connectivity index (χ0v) is 12.8. The maximum atomic E-state index is 2.47. The van der Waals surface area contributed by atoms with E-state index in [1.165, 1.54) is 64.5 Å². The average molecular weight is 335 g/mol. The lowest BCUT2D eigenvalue weighted by Crippen LogP contribution is -2.26. The molecule has 0 aromatic heterocycles. The van der Waals surface area contributed by atoms with Crippen LogP contribution in [0.1, 0.15) is 58.3 Å². The summed E-state index contributed by atoms with van der Waals surface area (Å²) in [6.45, 7) is 5.08. The maximum absolute atomic E-state index is 2.47. The van der Waals surface area contributed by atoms with Crippen molar-refractivity contribution in [3.63, 3.8) is 0 Å². The lowest BCUT2D eigenvalue weighted by molar-refractivity contribution is 0.234. The molecule has 1 nitrogen and oxygen atoms in total. The van der Waals surface area contributed by atoms with Crippen molar-refractivity contribution in [2.24, 2.45) is 17.8 Å². The molecule has 0 aromatic rings. The number of hydrogen-bond donors (Lipinski definition) is 0. The predicted octanol–water partition coefficient (Wildman–Crippen LogP) is 4.65. The molecular formula is C14H26IN. The third kappa shape index (κ3) is 4.17. The van der Waals surface area contributed by atoms with Crippen LogP contribution in [0.4, 0.5) is 0 Å². The van der Waals surface area contributed by atoms with E-state index >= 15 is 0 Å². The third-order valence-corrected chi connectivity index (χ3v) is 5.64. The van der Waals surface area contributed by atoms with Crippen LogP contribution in [0.5, 0.6) is 0 Å². The normalized spacial score (nSPS) is 34.1. The van der Waals surface area contributed by atoms with Gasteiger partial charge in [-0.15, -0.1) is 0 Å². The van der Waals surface area contributed by atoms with Crippen LogP contribution in [0, 0.1) is 17.8 Å². The first-order valence-corrected chi connectivity index (χ1v) is 8.11. The SMILES string of the molecule is CC1CCC(CCC2CCN(I)CC2)CC1. The molecule has 0 radical (unpaired) electrons. The Morgan fingerprint density at radius 3 is 1.94 bits per heavy atom. The monoisotopic (exact) mass is 335 g/mol. The molecular weight excluding hydrogens is 309 g/mol. The molecule has 0 aromatic carbocycles. The van der Waals surface area contributed by atoms with Gasteiger partial charge in [0.2, 0.25) is 0 Å². The van der Waals surface area contributed by atoms with Gasteiger partial charge >= 0.3 is 0 Å². The number of nitrogens with zero attached hydrogens (tertiary/aromatic N) is 1. The Morgan fingerprint density at radius 1 is 0.875 bits per heavy atom. The van der Waals surface area contributed by atoms with Crippen molar-refractivity contribution in [2.45, 2.75) is 58.3 Å². The number of piperidine rings is 1. The van der Waals surface area contributed by atoms with Gasteiger partial charge in [-0.05, 0) is 30.6 Å². The van der Waals surface area contributed by atoms with Crippen LogP contribution in [0.2, 0.25) is 0 Å². The van der Waals surface area contributed by atoms with E-state index in [0.717, 1.165) is 17.8 Å². The standard InChI is InChI=1S/C14H26IN/c1-12-2-4-13(5-3-12)6-7-14-8-10-16(15)11-9-14/h12-14H,2-11H2,1H3. The summed E-state index contributed by atoms with van der Waals surface area (Å²) in [6.07, 6.45) is 12.0. The first-order chi connectivity index (χ1) is 7.74. The van der Waals surface area contributed by atoms with Crippen LogP contribution in [0.25, 0.3) is 0 Å². The Labute approximate surface area is 115 Å².